The number of hydrogen-bond donors (Lipinski definition) is 1. The first-order valence-electron chi connectivity index (χ1n) is 4.97. The number of nitrogens with one attached hydrogen (secondary N) is 1. The van der Waals surface area contributed by atoms with Gasteiger partial charge in [-0.2, -0.15) is 5.26 Å². The van der Waals surface area contributed by atoms with Gasteiger partial charge < -0.3 is 0 Å². The van der Waals surface area contributed by atoms with Crippen LogP contribution in [0.4, 0.5) is 0 Å². The van der Waals surface area contributed by atoms with Gasteiger partial charge >= 0.3 is 0 Å². The Hall–Kier alpha value is -0.550. The average molecular weight is 164 g/mol. The third kappa shape index (κ3) is 0.964. The molecule has 2 rings (SSSR count). The molecule has 2 heteroatoms. The predicted molar refractivity (Wildman–Crippen MR) is 47.5 cm³/mol. The molecule has 2 aliphatic carbocycles. The molecular weight excluding hydrogens is 148 g/mol. The van der Waals surface area contributed by atoms with Crippen LogP contribution >= 0.6 is 0 Å². The van der Waals surface area contributed by atoms with Crippen molar-refractivity contribution in [2.45, 2.75) is 38.1 Å². The molecule has 2 aliphatic rings. The zero-order chi connectivity index (χ0) is 8.60. The minimum atomic E-state index is -0.141. The highest BCUT2D eigenvalue weighted by Crippen LogP contribution is 2.50. The second kappa shape index (κ2) is 2.74. The molecule has 3 atom stereocenters. The van der Waals surface area contributed by atoms with E-state index in [1.165, 1.54) is 19.3 Å². The highest BCUT2D eigenvalue weighted by Gasteiger charge is 2.50. The van der Waals surface area contributed by atoms with Gasteiger partial charge in [0.2, 0.25) is 0 Å². The van der Waals surface area contributed by atoms with Crippen molar-refractivity contribution in [3.8, 4) is 6.07 Å². The molecule has 2 bridgehead atoms. The van der Waals surface area contributed by atoms with Crippen LogP contribution < -0.4 is 5.32 Å². The van der Waals surface area contributed by atoms with Crippen molar-refractivity contribution in [2.75, 3.05) is 6.54 Å². The Kier molecular flexibility index (Phi) is 1.84. The van der Waals surface area contributed by atoms with E-state index >= 15 is 0 Å². The molecule has 0 amide bonds. The molecule has 2 saturated carbocycles. The molecule has 0 saturated heterocycles. The van der Waals surface area contributed by atoms with Crippen molar-refractivity contribution in [3.05, 3.63) is 0 Å². The summed E-state index contributed by atoms with van der Waals surface area (Å²) < 4.78 is 0. The third-order valence-electron chi connectivity index (χ3n) is 3.54. The highest BCUT2D eigenvalue weighted by atomic mass is 15.0. The van der Waals surface area contributed by atoms with Crippen LogP contribution in [0, 0.1) is 23.2 Å². The van der Waals surface area contributed by atoms with E-state index in [2.05, 4.69) is 18.3 Å². The van der Waals surface area contributed by atoms with Crippen LogP contribution in [0.5, 0.6) is 0 Å². The Bertz CT molecular complexity index is 218. The first kappa shape index (κ1) is 8.07. The van der Waals surface area contributed by atoms with Crippen LogP contribution in [0.1, 0.15) is 32.6 Å². The van der Waals surface area contributed by atoms with Gasteiger partial charge in [0.1, 0.15) is 5.54 Å². The van der Waals surface area contributed by atoms with Crippen LogP contribution in [0.2, 0.25) is 0 Å². The molecule has 0 aliphatic heterocycles. The zero-order valence-electron chi connectivity index (χ0n) is 7.64. The topological polar surface area (TPSA) is 35.8 Å². The quantitative estimate of drug-likeness (QED) is 0.674. The van der Waals surface area contributed by atoms with Crippen LogP contribution in [-0.4, -0.2) is 12.1 Å². The van der Waals surface area contributed by atoms with Crippen LogP contribution in [0.15, 0.2) is 0 Å². The zero-order valence-corrected chi connectivity index (χ0v) is 7.64. The van der Waals surface area contributed by atoms with Crippen LogP contribution in [0.25, 0.3) is 0 Å². The van der Waals surface area contributed by atoms with E-state index < -0.39 is 0 Å². The van der Waals surface area contributed by atoms with Crippen molar-refractivity contribution >= 4 is 0 Å². The van der Waals surface area contributed by atoms with E-state index in [4.69, 9.17) is 5.26 Å². The molecule has 0 spiro atoms. The first-order valence-corrected chi connectivity index (χ1v) is 4.97. The monoisotopic (exact) mass is 164 g/mol. The summed E-state index contributed by atoms with van der Waals surface area (Å²) in [6.45, 7) is 3.02. The van der Waals surface area contributed by atoms with Gasteiger partial charge in [0.05, 0.1) is 6.07 Å². The van der Waals surface area contributed by atoms with E-state index in [1.807, 2.05) is 0 Å². The van der Waals surface area contributed by atoms with Gasteiger partial charge in [-0.25, -0.2) is 0 Å². The Morgan fingerprint density at radius 3 is 2.83 bits per heavy atom. The summed E-state index contributed by atoms with van der Waals surface area (Å²) in [6, 6.07) is 2.50. The summed E-state index contributed by atoms with van der Waals surface area (Å²) in [7, 11) is 0. The van der Waals surface area contributed by atoms with Gasteiger partial charge in [-0.05, 0) is 44.1 Å². The van der Waals surface area contributed by atoms with Gasteiger partial charge in [-0.15, -0.1) is 0 Å². The standard InChI is InChI=1S/C10H16N2/c1-2-12-10(7-11)6-8-3-4-9(10)5-8/h8-9,12H,2-6H2,1H3. The Labute approximate surface area is 74.0 Å². The largest absolute Gasteiger partial charge is 0.299 e. The van der Waals surface area contributed by atoms with Crippen LogP contribution in [0.3, 0.4) is 0 Å². The van der Waals surface area contributed by atoms with E-state index in [0.717, 1.165) is 18.9 Å². The fraction of sp³-hybridized carbons (Fsp3) is 0.900. The molecule has 0 aromatic carbocycles. The van der Waals surface area contributed by atoms with Crippen LogP contribution in [-0.2, 0) is 0 Å². The Morgan fingerprint density at radius 1 is 1.58 bits per heavy atom. The lowest BCUT2D eigenvalue weighted by molar-refractivity contribution is 0.280. The van der Waals surface area contributed by atoms with E-state index in [1.54, 1.807) is 0 Å². The van der Waals surface area contributed by atoms with E-state index in [0.29, 0.717) is 5.92 Å². The van der Waals surface area contributed by atoms with Gasteiger partial charge in [0, 0.05) is 0 Å². The normalized spacial score (nSPS) is 44.7. The fourth-order valence-corrected chi connectivity index (χ4v) is 3.04. The second-order valence-corrected chi connectivity index (χ2v) is 4.19. The molecule has 12 heavy (non-hydrogen) atoms. The molecule has 66 valence electrons. The summed E-state index contributed by atoms with van der Waals surface area (Å²) in [5.41, 5.74) is -0.141. The van der Waals surface area contributed by atoms with Crippen molar-refractivity contribution in [1.29, 1.82) is 5.26 Å². The maximum Gasteiger partial charge on any atom is 0.109 e. The van der Waals surface area contributed by atoms with Gasteiger partial charge in [0.25, 0.3) is 0 Å². The summed E-state index contributed by atoms with van der Waals surface area (Å²) in [4.78, 5) is 0. The predicted octanol–water partition coefficient (Wildman–Crippen LogP) is 1.68. The highest BCUT2D eigenvalue weighted by molar-refractivity contribution is 5.18. The molecule has 1 N–H and O–H groups in total. The second-order valence-electron chi connectivity index (χ2n) is 4.19. The fourth-order valence-electron chi connectivity index (χ4n) is 3.04. The molecular formula is C10H16N2. The number of nitriles is 1. The summed E-state index contributed by atoms with van der Waals surface area (Å²) in [6.07, 6.45) is 5.02. The Balaban J connectivity index is 2.15. The molecule has 3 unspecified atom stereocenters. The SMILES string of the molecule is CCNC1(C#N)CC2CCC1C2. The number of hydrogen-bond acceptors (Lipinski definition) is 2. The molecule has 0 heterocycles. The molecule has 0 aromatic heterocycles. The minimum absolute atomic E-state index is 0.141. The summed E-state index contributed by atoms with van der Waals surface area (Å²) >= 11 is 0. The lowest BCUT2D eigenvalue weighted by atomic mass is 9.82. The molecule has 2 nitrogen and oxygen atoms in total. The first-order chi connectivity index (χ1) is 5.80. The third-order valence-corrected chi connectivity index (χ3v) is 3.54. The van der Waals surface area contributed by atoms with E-state index in [-0.39, 0.29) is 5.54 Å². The molecule has 0 radical (unpaired) electrons. The summed E-state index contributed by atoms with van der Waals surface area (Å²) in [5, 5.41) is 12.5. The molecule has 2 fully saturated rings. The maximum absolute atomic E-state index is 9.16. The lowest BCUT2D eigenvalue weighted by Gasteiger charge is -2.31. The van der Waals surface area contributed by atoms with Crippen molar-refractivity contribution < 1.29 is 0 Å². The molecule has 0 aromatic rings. The van der Waals surface area contributed by atoms with Gasteiger partial charge in [0.15, 0.2) is 0 Å². The van der Waals surface area contributed by atoms with Gasteiger partial charge in [-0.3, -0.25) is 5.32 Å². The van der Waals surface area contributed by atoms with Crippen molar-refractivity contribution in [3.63, 3.8) is 0 Å². The van der Waals surface area contributed by atoms with Crippen molar-refractivity contribution in [1.82, 2.24) is 5.32 Å². The Morgan fingerprint density at radius 2 is 2.42 bits per heavy atom. The van der Waals surface area contributed by atoms with E-state index in [9.17, 15) is 0 Å². The average Bonchev–Trinajstić information content (AvgIpc) is 2.64. The number of nitrogens with zero attached hydrogens (tertiary/aromatic N) is 1. The minimum Gasteiger partial charge on any atom is -0.299 e. The smallest absolute Gasteiger partial charge is 0.109 e. The van der Waals surface area contributed by atoms with Gasteiger partial charge in [-0.1, -0.05) is 6.92 Å². The maximum atomic E-state index is 9.16. The lowest BCUT2D eigenvalue weighted by Crippen LogP contribution is -2.48. The van der Waals surface area contributed by atoms with Crippen molar-refractivity contribution in [2.24, 2.45) is 11.8 Å². The number of fused-ring (bicyclic) bond motifs is 2. The summed E-state index contributed by atoms with van der Waals surface area (Å²) in [5.74, 6) is 1.49. The number of rotatable bonds is 2.